The summed E-state index contributed by atoms with van der Waals surface area (Å²) < 4.78 is 27.1. The van der Waals surface area contributed by atoms with Gasteiger partial charge in [-0.1, -0.05) is 12.1 Å². The highest BCUT2D eigenvalue weighted by Gasteiger charge is 2.27. The molecule has 0 aliphatic carbocycles. The second-order valence-electron chi connectivity index (χ2n) is 4.22. The van der Waals surface area contributed by atoms with Gasteiger partial charge in [0.25, 0.3) is 0 Å². The summed E-state index contributed by atoms with van der Waals surface area (Å²) in [5.74, 6) is -1.26. The van der Waals surface area contributed by atoms with Crippen LogP contribution in [0, 0.1) is 0 Å². The topological polar surface area (TPSA) is 112 Å². The van der Waals surface area contributed by atoms with Crippen LogP contribution in [0.25, 0.3) is 0 Å². The van der Waals surface area contributed by atoms with Crippen LogP contribution in [0.5, 0.6) is 0 Å². The van der Waals surface area contributed by atoms with E-state index in [1.54, 1.807) is 18.2 Å². The molecule has 2 rings (SSSR count). The third-order valence-electron chi connectivity index (χ3n) is 2.70. The first-order chi connectivity index (χ1) is 9.90. The van der Waals surface area contributed by atoms with Crippen LogP contribution >= 0.6 is 15.9 Å². The molecule has 9 heteroatoms. The number of H-pyrrole nitrogens is 1. The summed E-state index contributed by atoms with van der Waals surface area (Å²) in [6.45, 7) is 0. The summed E-state index contributed by atoms with van der Waals surface area (Å²) in [6.07, 6.45) is 2.82. The van der Waals surface area contributed by atoms with Crippen LogP contribution in [0.2, 0.25) is 0 Å². The summed E-state index contributed by atoms with van der Waals surface area (Å²) in [6, 6.07) is 4.90. The van der Waals surface area contributed by atoms with Crippen LogP contribution in [0.1, 0.15) is 5.69 Å². The van der Waals surface area contributed by atoms with Crippen LogP contribution in [-0.2, 0) is 21.2 Å². The Labute approximate surface area is 129 Å². The first-order valence-corrected chi connectivity index (χ1v) is 8.14. The molecule has 0 aliphatic heterocycles. The number of halogens is 1. The van der Waals surface area contributed by atoms with Crippen LogP contribution in [0.15, 0.2) is 46.2 Å². The van der Waals surface area contributed by atoms with Crippen molar-refractivity contribution in [1.29, 1.82) is 0 Å². The number of carbonyl (C=O) groups is 1. The number of hydrogen-bond acceptors (Lipinski definition) is 4. The Morgan fingerprint density at radius 3 is 2.71 bits per heavy atom. The number of carboxylic acids is 1. The molecular formula is C12H12BrN3O4S. The maximum absolute atomic E-state index is 12.3. The Balaban J connectivity index is 2.24. The van der Waals surface area contributed by atoms with E-state index in [0.717, 1.165) is 0 Å². The fourth-order valence-electron chi connectivity index (χ4n) is 1.71. The van der Waals surface area contributed by atoms with Gasteiger partial charge < -0.3 is 10.1 Å². The largest absolute Gasteiger partial charge is 0.480 e. The number of hydrogen-bond donors (Lipinski definition) is 3. The molecule has 0 saturated carbocycles. The van der Waals surface area contributed by atoms with Crippen molar-refractivity contribution >= 4 is 31.9 Å². The standard InChI is InChI=1S/C12H12BrN3O4S/c13-9-3-1-2-4-11(9)21(19,20)16-10(12(17)18)5-8-6-14-7-15-8/h1-4,6-7,10,16H,5H2,(H,14,15)(H,17,18)/t10-/m1/s1. The average molecular weight is 374 g/mol. The number of imidazole rings is 1. The predicted molar refractivity (Wildman–Crippen MR) is 78.2 cm³/mol. The Morgan fingerprint density at radius 2 is 2.14 bits per heavy atom. The van der Waals surface area contributed by atoms with Crippen molar-refractivity contribution in [3.05, 3.63) is 47.0 Å². The fraction of sp³-hybridized carbons (Fsp3) is 0.167. The van der Waals surface area contributed by atoms with Gasteiger partial charge in [-0.3, -0.25) is 4.79 Å². The number of nitrogens with zero attached hydrogens (tertiary/aromatic N) is 1. The van der Waals surface area contributed by atoms with Crippen LogP contribution in [0.4, 0.5) is 0 Å². The molecule has 3 N–H and O–H groups in total. The van der Waals surface area contributed by atoms with Crippen LogP contribution in [0.3, 0.4) is 0 Å². The van der Waals surface area contributed by atoms with Gasteiger partial charge in [-0.2, -0.15) is 4.72 Å². The fourth-order valence-corrected chi connectivity index (χ4v) is 3.90. The Morgan fingerprint density at radius 1 is 1.43 bits per heavy atom. The van der Waals surface area contributed by atoms with E-state index in [9.17, 15) is 18.3 Å². The highest BCUT2D eigenvalue weighted by molar-refractivity contribution is 9.10. The zero-order chi connectivity index (χ0) is 15.5. The zero-order valence-corrected chi connectivity index (χ0v) is 13.1. The molecule has 21 heavy (non-hydrogen) atoms. The summed E-state index contributed by atoms with van der Waals surface area (Å²) in [4.78, 5) is 17.7. The first-order valence-electron chi connectivity index (χ1n) is 5.87. The summed E-state index contributed by atoms with van der Waals surface area (Å²) >= 11 is 3.14. The highest BCUT2D eigenvalue weighted by Crippen LogP contribution is 2.21. The van der Waals surface area contributed by atoms with E-state index in [0.29, 0.717) is 10.2 Å². The number of benzene rings is 1. The lowest BCUT2D eigenvalue weighted by Crippen LogP contribution is -2.42. The van der Waals surface area contributed by atoms with Crippen LogP contribution < -0.4 is 4.72 Å². The Hall–Kier alpha value is -1.71. The molecule has 0 fully saturated rings. The van der Waals surface area contributed by atoms with Crippen molar-refractivity contribution < 1.29 is 18.3 Å². The van der Waals surface area contributed by atoms with E-state index in [4.69, 9.17) is 0 Å². The van der Waals surface area contributed by atoms with Gasteiger partial charge in [0.05, 0.1) is 11.2 Å². The molecule has 7 nitrogen and oxygen atoms in total. The number of rotatable bonds is 6. The number of carboxylic acid groups (broad SMARTS) is 1. The van der Waals surface area contributed by atoms with Crippen molar-refractivity contribution in [3.8, 4) is 0 Å². The van der Waals surface area contributed by atoms with E-state index >= 15 is 0 Å². The van der Waals surface area contributed by atoms with Crippen molar-refractivity contribution in [2.45, 2.75) is 17.4 Å². The van der Waals surface area contributed by atoms with Gasteiger partial charge in [0.2, 0.25) is 10.0 Å². The maximum atomic E-state index is 12.3. The van der Waals surface area contributed by atoms with Crippen molar-refractivity contribution in [2.75, 3.05) is 0 Å². The van der Waals surface area contributed by atoms with Gasteiger partial charge in [-0.05, 0) is 28.1 Å². The van der Waals surface area contributed by atoms with E-state index in [-0.39, 0.29) is 11.3 Å². The Kier molecular flexibility index (Phi) is 4.76. The molecule has 1 aromatic heterocycles. The third kappa shape index (κ3) is 3.90. The van der Waals surface area contributed by atoms with Gasteiger partial charge in [-0.15, -0.1) is 0 Å². The zero-order valence-electron chi connectivity index (χ0n) is 10.7. The summed E-state index contributed by atoms with van der Waals surface area (Å²) in [5, 5.41) is 9.18. The van der Waals surface area contributed by atoms with Crippen molar-refractivity contribution in [1.82, 2.24) is 14.7 Å². The summed E-state index contributed by atoms with van der Waals surface area (Å²) in [7, 11) is -3.95. The molecule has 0 spiro atoms. The molecule has 1 heterocycles. The van der Waals surface area contributed by atoms with Gasteiger partial charge in [0, 0.05) is 22.8 Å². The number of aromatic nitrogens is 2. The second-order valence-corrected chi connectivity index (χ2v) is 6.76. The minimum Gasteiger partial charge on any atom is -0.480 e. The first kappa shape index (κ1) is 15.7. The van der Waals surface area contributed by atoms with Gasteiger partial charge >= 0.3 is 5.97 Å². The lowest BCUT2D eigenvalue weighted by molar-refractivity contribution is -0.138. The molecule has 2 aromatic rings. The summed E-state index contributed by atoms with van der Waals surface area (Å²) in [5.41, 5.74) is 0.525. The molecule has 0 unspecified atom stereocenters. The molecular weight excluding hydrogens is 362 g/mol. The number of aromatic amines is 1. The highest BCUT2D eigenvalue weighted by atomic mass is 79.9. The molecule has 0 aliphatic rings. The van der Waals surface area contributed by atoms with E-state index in [1.807, 2.05) is 0 Å². The van der Waals surface area contributed by atoms with Crippen molar-refractivity contribution in [2.24, 2.45) is 0 Å². The number of aliphatic carboxylic acids is 1. The molecule has 0 bridgehead atoms. The lowest BCUT2D eigenvalue weighted by atomic mass is 10.2. The monoisotopic (exact) mass is 373 g/mol. The van der Waals surface area contributed by atoms with Gasteiger partial charge in [0.15, 0.2) is 0 Å². The third-order valence-corrected chi connectivity index (χ3v) is 5.18. The Bertz CT molecular complexity index is 731. The lowest BCUT2D eigenvalue weighted by Gasteiger charge is -2.14. The molecule has 0 amide bonds. The predicted octanol–water partition coefficient (Wildman–Crippen LogP) is 1.15. The molecule has 0 saturated heterocycles. The molecule has 1 aromatic carbocycles. The van der Waals surface area contributed by atoms with Gasteiger partial charge in [-0.25, -0.2) is 13.4 Å². The minimum absolute atomic E-state index is 0.0131. The van der Waals surface area contributed by atoms with Gasteiger partial charge in [0.1, 0.15) is 6.04 Å². The maximum Gasteiger partial charge on any atom is 0.322 e. The van der Waals surface area contributed by atoms with E-state index in [2.05, 4.69) is 30.6 Å². The molecule has 112 valence electrons. The SMILES string of the molecule is O=C(O)[C@@H](Cc1cnc[nH]1)NS(=O)(=O)c1ccccc1Br. The smallest absolute Gasteiger partial charge is 0.322 e. The molecule has 1 atom stereocenters. The second kappa shape index (κ2) is 6.37. The van der Waals surface area contributed by atoms with E-state index < -0.39 is 22.0 Å². The quantitative estimate of drug-likeness (QED) is 0.702. The van der Waals surface area contributed by atoms with Crippen molar-refractivity contribution in [3.63, 3.8) is 0 Å². The van der Waals surface area contributed by atoms with Crippen LogP contribution in [-0.4, -0.2) is 35.5 Å². The van der Waals surface area contributed by atoms with E-state index in [1.165, 1.54) is 18.6 Å². The number of nitrogens with one attached hydrogen (secondary N) is 2. The normalized spacial score (nSPS) is 13.0. The molecule has 0 radical (unpaired) electrons. The minimum atomic E-state index is -3.95. The average Bonchev–Trinajstić information content (AvgIpc) is 2.91. The number of sulfonamides is 1.